The molecule has 0 heterocycles. The molecule has 0 aliphatic heterocycles. The molecule has 0 rings (SSSR count). The zero-order chi connectivity index (χ0) is 12.4. The van der Waals surface area contributed by atoms with Crippen molar-refractivity contribution in [3.8, 4) is 0 Å². The molecule has 0 aromatic heterocycles. The van der Waals surface area contributed by atoms with Gasteiger partial charge in [-0.1, -0.05) is 12.2 Å². The third-order valence-electron chi connectivity index (χ3n) is 2.09. The molecule has 0 aromatic rings. The molecule has 5 heteroatoms. The topological polar surface area (TPSA) is 69.6 Å². The largest absolute Gasteiger partial charge is 0.481 e. The second kappa shape index (κ2) is 8.76. The summed E-state index contributed by atoms with van der Waals surface area (Å²) in [5, 5.41) is 11.3. The number of aliphatic carboxylic acids is 1. The van der Waals surface area contributed by atoms with Gasteiger partial charge in [0.25, 0.3) is 0 Å². The lowest BCUT2D eigenvalue weighted by atomic mass is 10.3. The summed E-state index contributed by atoms with van der Waals surface area (Å²) in [6.45, 7) is 5.09. The average molecular weight is 228 g/mol. The number of carboxylic acids is 1. The standard InChI is InChI=1S/C11H20N2O3/c1-3-5-6-8-12-11(16)13(4-2)9-7-10(14)15/h3,5H,4,6-9H2,1-2H3,(H,12,16)(H,14,15)/b5-3+. The second-order valence-corrected chi connectivity index (χ2v) is 3.31. The van der Waals surface area contributed by atoms with Gasteiger partial charge >= 0.3 is 12.0 Å². The summed E-state index contributed by atoms with van der Waals surface area (Å²) in [6.07, 6.45) is 4.66. The maximum Gasteiger partial charge on any atom is 0.317 e. The summed E-state index contributed by atoms with van der Waals surface area (Å²) >= 11 is 0. The first kappa shape index (κ1) is 14.5. The Morgan fingerprint density at radius 3 is 2.62 bits per heavy atom. The van der Waals surface area contributed by atoms with Crippen LogP contribution in [0.1, 0.15) is 26.7 Å². The Morgan fingerprint density at radius 2 is 2.12 bits per heavy atom. The van der Waals surface area contributed by atoms with Gasteiger partial charge in [0.1, 0.15) is 0 Å². The highest BCUT2D eigenvalue weighted by Crippen LogP contribution is 1.93. The predicted molar refractivity (Wildman–Crippen MR) is 62.3 cm³/mol. The van der Waals surface area contributed by atoms with Crippen LogP contribution in [0.3, 0.4) is 0 Å². The number of urea groups is 1. The lowest BCUT2D eigenvalue weighted by Crippen LogP contribution is -2.41. The molecular formula is C11H20N2O3. The van der Waals surface area contributed by atoms with Crippen LogP contribution in [0.15, 0.2) is 12.2 Å². The van der Waals surface area contributed by atoms with Crippen LogP contribution >= 0.6 is 0 Å². The number of carbonyl (C=O) groups is 2. The van der Waals surface area contributed by atoms with Crippen LogP contribution in [-0.4, -0.2) is 41.6 Å². The SMILES string of the molecule is C/C=C/CCNC(=O)N(CC)CCC(=O)O. The fourth-order valence-corrected chi connectivity index (χ4v) is 1.17. The lowest BCUT2D eigenvalue weighted by molar-refractivity contribution is -0.137. The van der Waals surface area contributed by atoms with Crippen LogP contribution < -0.4 is 5.32 Å². The minimum atomic E-state index is -0.889. The lowest BCUT2D eigenvalue weighted by Gasteiger charge is -2.20. The van der Waals surface area contributed by atoms with Crippen LogP contribution in [0.5, 0.6) is 0 Å². The van der Waals surface area contributed by atoms with Crippen molar-refractivity contribution < 1.29 is 14.7 Å². The molecule has 16 heavy (non-hydrogen) atoms. The van der Waals surface area contributed by atoms with Gasteiger partial charge in [-0.15, -0.1) is 0 Å². The zero-order valence-electron chi connectivity index (χ0n) is 9.90. The van der Waals surface area contributed by atoms with Gasteiger partial charge in [-0.3, -0.25) is 4.79 Å². The first-order chi connectivity index (χ1) is 7.61. The first-order valence-corrected chi connectivity index (χ1v) is 5.47. The molecule has 0 atom stereocenters. The van der Waals surface area contributed by atoms with Crippen molar-refractivity contribution in [2.24, 2.45) is 0 Å². The minimum absolute atomic E-state index is 0.0177. The van der Waals surface area contributed by atoms with Gasteiger partial charge in [-0.05, 0) is 20.3 Å². The van der Waals surface area contributed by atoms with Crippen LogP contribution in [0.2, 0.25) is 0 Å². The van der Waals surface area contributed by atoms with Gasteiger partial charge in [0.05, 0.1) is 6.42 Å². The van der Waals surface area contributed by atoms with Crippen molar-refractivity contribution in [1.82, 2.24) is 10.2 Å². The molecule has 0 aliphatic rings. The van der Waals surface area contributed by atoms with E-state index in [1.165, 1.54) is 4.90 Å². The summed E-state index contributed by atoms with van der Waals surface area (Å²) < 4.78 is 0. The Hall–Kier alpha value is -1.52. The number of nitrogens with one attached hydrogen (secondary N) is 1. The Kier molecular flexibility index (Phi) is 7.93. The van der Waals surface area contributed by atoms with E-state index in [4.69, 9.17) is 5.11 Å². The maximum absolute atomic E-state index is 11.5. The molecule has 0 radical (unpaired) electrons. The molecule has 0 unspecified atom stereocenters. The van der Waals surface area contributed by atoms with Gasteiger partial charge in [-0.25, -0.2) is 4.79 Å². The van der Waals surface area contributed by atoms with Crippen molar-refractivity contribution in [2.45, 2.75) is 26.7 Å². The second-order valence-electron chi connectivity index (χ2n) is 3.31. The van der Waals surface area contributed by atoms with Gasteiger partial charge in [-0.2, -0.15) is 0 Å². The average Bonchev–Trinajstić information content (AvgIpc) is 2.25. The number of carbonyl (C=O) groups excluding carboxylic acids is 1. The van der Waals surface area contributed by atoms with E-state index < -0.39 is 5.97 Å². The Bertz CT molecular complexity index is 252. The molecule has 2 N–H and O–H groups in total. The van der Waals surface area contributed by atoms with Crippen LogP contribution in [-0.2, 0) is 4.79 Å². The van der Waals surface area contributed by atoms with Gasteiger partial charge < -0.3 is 15.3 Å². The van der Waals surface area contributed by atoms with E-state index in [2.05, 4.69) is 5.32 Å². The third-order valence-corrected chi connectivity index (χ3v) is 2.09. The molecule has 0 aromatic carbocycles. The van der Waals surface area contributed by atoms with Crippen molar-refractivity contribution >= 4 is 12.0 Å². The number of rotatable bonds is 7. The smallest absolute Gasteiger partial charge is 0.317 e. The maximum atomic E-state index is 11.5. The molecule has 0 fully saturated rings. The first-order valence-electron chi connectivity index (χ1n) is 5.47. The predicted octanol–water partition coefficient (Wildman–Crippen LogP) is 1.46. The molecular weight excluding hydrogens is 208 g/mol. The van der Waals surface area contributed by atoms with E-state index in [1.807, 2.05) is 26.0 Å². The van der Waals surface area contributed by atoms with E-state index in [0.717, 1.165) is 6.42 Å². The van der Waals surface area contributed by atoms with E-state index in [1.54, 1.807) is 0 Å². The molecule has 0 saturated heterocycles. The van der Waals surface area contributed by atoms with Crippen LogP contribution in [0.4, 0.5) is 4.79 Å². The summed E-state index contributed by atoms with van der Waals surface area (Å²) in [6, 6.07) is -0.201. The molecule has 5 nitrogen and oxygen atoms in total. The summed E-state index contributed by atoms with van der Waals surface area (Å²) in [7, 11) is 0. The van der Waals surface area contributed by atoms with E-state index >= 15 is 0 Å². The Morgan fingerprint density at radius 1 is 1.44 bits per heavy atom. The molecule has 0 aliphatic carbocycles. The molecule has 0 spiro atoms. The van der Waals surface area contributed by atoms with E-state index in [-0.39, 0.29) is 19.0 Å². The van der Waals surface area contributed by atoms with Crippen LogP contribution in [0.25, 0.3) is 0 Å². The zero-order valence-corrected chi connectivity index (χ0v) is 9.90. The monoisotopic (exact) mass is 228 g/mol. The quantitative estimate of drug-likeness (QED) is 0.512. The number of amides is 2. The number of carboxylic acid groups (broad SMARTS) is 1. The van der Waals surface area contributed by atoms with Crippen molar-refractivity contribution in [3.05, 3.63) is 12.2 Å². The van der Waals surface area contributed by atoms with Crippen LogP contribution in [0, 0.1) is 0 Å². The van der Waals surface area contributed by atoms with E-state index in [0.29, 0.717) is 13.1 Å². The minimum Gasteiger partial charge on any atom is -0.481 e. The molecule has 0 saturated carbocycles. The molecule has 92 valence electrons. The highest BCUT2D eigenvalue weighted by Gasteiger charge is 2.11. The normalized spacial score (nSPS) is 10.4. The highest BCUT2D eigenvalue weighted by atomic mass is 16.4. The van der Waals surface area contributed by atoms with E-state index in [9.17, 15) is 9.59 Å². The number of allylic oxidation sites excluding steroid dienone is 1. The third kappa shape index (κ3) is 6.86. The highest BCUT2D eigenvalue weighted by molar-refractivity contribution is 5.75. The van der Waals surface area contributed by atoms with Crippen molar-refractivity contribution in [3.63, 3.8) is 0 Å². The van der Waals surface area contributed by atoms with Gasteiger partial charge in [0.15, 0.2) is 0 Å². The van der Waals surface area contributed by atoms with Gasteiger partial charge in [0.2, 0.25) is 0 Å². The number of nitrogens with zero attached hydrogens (tertiary/aromatic N) is 1. The number of hydrogen-bond acceptors (Lipinski definition) is 2. The summed E-state index contributed by atoms with van der Waals surface area (Å²) in [5.41, 5.74) is 0. The molecule has 2 amide bonds. The Balaban J connectivity index is 3.86. The number of hydrogen-bond donors (Lipinski definition) is 2. The van der Waals surface area contributed by atoms with Gasteiger partial charge in [0, 0.05) is 19.6 Å². The Labute approximate surface area is 96.1 Å². The fourth-order valence-electron chi connectivity index (χ4n) is 1.17. The van der Waals surface area contributed by atoms with Crippen molar-refractivity contribution in [1.29, 1.82) is 0 Å². The molecule has 0 bridgehead atoms. The summed E-state index contributed by atoms with van der Waals surface area (Å²) in [4.78, 5) is 23.4. The fraction of sp³-hybridized carbons (Fsp3) is 0.636. The summed E-state index contributed by atoms with van der Waals surface area (Å²) in [5.74, 6) is -0.889. The van der Waals surface area contributed by atoms with Crippen molar-refractivity contribution in [2.75, 3.05) is 19.6 Å².